The van der Waals surface area contributed by atoms with Crippen molar-refractivity contribution >= 4 is 17.7 Å². The van der Waals surface area contributed by atoms with Crippen LogP contribution in [0.15, 0.2) is 24.3 Å². The third-order valence-electron chi connectivity index (χ3n) is 2.82. The Bertz CT molecular complexity index is 411. The highest BCUT2D eigenvalue weighted by Gasteiger charge is 2.29. The highest BCUT2D eigenvalue weighted by atomic mass is 35.5. The predicted molar refractivity (Wildman–Crippen MR) is 66.1 cm³/mol. The van der Waals surface area contributed by atoms with E-state index in [-0.39, 0.29) is 12.2 Å². The Balaban J connectivity index is 1.91. The van der Waals surface area contributed by atoms with Crippen LogP contribution in [0.2, 0.25) is 5.02 Å². The molecule has 0 aliphatic carbocycles. The minimum Gasteiger partial charge on any atom is -0.443 e. The summed E-state index contributed by atoms with van der Waals surface area (Å²) >= 11 is 6.05. The molecule has 0 bridgehead atoms. The molecule has 1 unspecified atom stereocenters. The van der Waals surface area contributed by atoms with Crippen LogP contribution in [0.5, 0.6) is 0 Å². The summed E-state index contributed by atoms with van der Waals surface area (Å²) in [5.74, 6) is 0. The number of ether oxygens (including phenoxy) is 1. The first-order valence-electron chi connectivity index (χ1n) is 5.59. The maximum absolute atomic E-state index is 11.5. The molecule has 1 aromatic carbocycles. The number of carbonyl (C=O) groups excluding carboxylic acids is 1. The van der Waals surface area contributed by atoms with Crippen LogP contribution in [-0.4, -0.2) is 36.7 Å². The summed E-state index contributed by atoms with van der Waals surface area (Å²) in [7, 11) is 0. The van der Waals surface area contributed by atoms with E-state index in [1.54, 1.807) is 4.90 Å². The fourth-order valence-corrected chi connectivity index (χ4v) is 2.07. The number of benzene rings is 1. The molecule has 1 atom stereocenters. The van der Waals surface area contributed by atoms with Crippen LogP contribution in [0.25, 0.3) is 0 Å². The molecule has 2 rings (SSSR count). The third kappa shape index (κ3) is 2.90. The SMILES string of the molecule is NCC1CN(CCc2ccccc2Cl)C(=O)O1. The van der Waals surface area contributed by atoms with Gasteiger partial charge in [-0.1, -0.05) is 29.8 Å². The lowest BCUT2D eigenvalue weighted by Crippen LogP contribution is -2.29. The van der Waals surface area contributed by atoms with Crippen LogP contribution in [0.3, 0.4) is 0 Å². The zero-order chi connectivity index (χ0) is 12.3. The second-order valence-corrected chi connectivity index (χ2v) is 4.44. The average Bonchev–Trinajstić information content (AvgIpc) is 2.69. The van der Waals surface area contributed by atoms with Crippen molar-refractivity contribution in [2.24, 2.45) is 5.73 Å². The van der Waals surface area contributed by atoms with Gasteiger partial charge in [0.25, 0.3) is 0 Å². The highest BCUT2D eigenvalue weighted by molar-refractivity contribution is 6.31. The standard InChI is InChI=1S/C12H15ClN2O2/c13-11-4-2-1-3-9(11)5-6-15-8-10(7-14)17-12(15)16/h1-4,10H,5-8,14H2. The molecule has 0 aromatic heterocycles. The Morgan fingerprint density at radius 3 is 2.88 bits per heavy atom. The van der Waals surface area contributed by atoms with Gasteiger partial charge in [0.05, 0.1) is 6.54 Å². The van der Waals surface area contributed by atoms with Crippen LogP contribution < -0.4 is 5.73 Å². The van der Waals surface area contributed by atoms with E-state index in [9.17, 15) is 4.79 Å². The maximum Gasteiger partial charge on any atom is 0.410 e. The van der Waals surface area contributed by atoms with Gasteiger partial charge in [0.1, 0.15) is 6.10 Å². The number of nitrogens with zero attached hydrogens (tertiary/aromatic N) is 1. The molecule has 1 amide bonds. The van der Waals surface area contributed by atoms with E-state index in [2.05, 4.69) is 0 Å². The van der Waals surface area contributed by atoms with Gasteiger partial charge in [-0.2, -0.15) is 0 Å². The molecule has 1 saturated heterocycles. The van der Waals surface area contributed by atoms with Gasteiger partial charge in [-0.3, -0.25) is 0 Å². The van der Waals surface area contributed by atoms with Gasteiger partial charge < -0.3 is 15.4 Å². The first-order chi connectivity index (χ1) is 8.20. The number of cyclic esters (lactones) is 1. The van der Waals surface area contributed by atoms with Crippen molar-refractivity contribution in [1.29, 1.82) is 0 Å². The monoisotopic (exact) mass is 254 g/mol. The smallest absolute Gasteiger partial charge is 0.410 e. The molecule has 1 aliphatic heterocycles. The van der Waals surface area contributed by atoms with Gasteiger partial charge in [-0.15, -0.1) is 0 Å². The van der Waals surface area contributed by atoms with Gasteiger partial charge in [0.2, 0.25) is 0 Å². The van der Waals surface area contributed by atoms with Crippen molar-refractivity contribution < 1.29 is 9.53 Å². The number of carbonyl (C=O) groups is 1. The molecular formula is C12H15ClN2O2. The highest BCUT2D eigenvalue weighted by Crippen LogP contribution is 2.17. The molecule has 0 saturated carbocycles. The lowest BCUT2D eigenvalue weighted by Gasteiger charge is -2.13. The van der Waals surface area contributed by atoms with Crippen molar-refractivity contribution in [2.75, 3.05) is 19.6 Å². The predicted octanol–water partition coefficient (Wildman–Crippen LogP) is 1.66. The average molecular weight is 255 g/mol. The van der Waals surface area contributed by atoms with Crippen molar-refractivity contribution in [3.63, 3.8) is 0 Å². The zero-order valence-electron chi connectivity index (χ0n) is 9.43. The second kappa shape index (κ2) is 5.38. The summed E-state index contributed by atoms with van der Waals surface area (Å²) in [6, 6.07) is 7.64. The molecule has 1 heterocycles. The quantitative estimate of drug-likeness (QED) is 0.889. The first kappa shape index (κ1) is 12.2. The van der Waals surface area contributed by atoms with E-state index in [4.69, 9.17) is 22.1 Å². The van der Waals surface area contributed by atoms with Gasteiger partial charge in [-0.05, 0) is 18.1 Å². The van der Waals surface area contributed by atoms with Gasteiger partial charge in [-0.25, -0.2) is 4.79 Å². The van der Waals surface area contributed by atoms with E-state index in [1.165, 1.54) is 0 Å². The first-order valence-corrected chi connectivity index (χ1v) is 5.97. The van der Waals surface area contributed by atoms with Crippen LogP contribution in [0, 0.1) is 0 Å². The zero-order valence-corrected chi connectivity index (χ0v) is 10.2. The van der Waals surface area contributed by atoms with E-state index in [0.29, 0.717) is 19.6 Å². The molecule has 0 radical (unpaired) electrons. The maximum atomic E-state index is 11.5. The fourth-order valence-electron chi connectivity index (χ4n) is 1.84. The van der Waals surface area contributed by atoms with Crippen LogP contribution >= 0.6 is 11.6 Å². The van der Waals surface area contributed by atoms with E-state index >= 15 is 0 Å². The lowest BCUT2D eigenvalue weighted by atomic mass is 10.1. The lowest BCUT2D eigenvalue weighted by molar-refractivity contribution is 0.135. The van der Waals surface area contributed by atoms with Gasteiger partial charge >= 0.3 is 6.09 Å². The van der Waals surface area contributed by atoms with Gasteiger partial charge in [0, 0.05) is 18.1 Å². The normalized spacial score (nSPS) is 19.5. The molecule has 4 nitrogen and oxygen atoms in total. The van der Waals surface area contributed by atoms with Crippen LogP contribution in [0.4, 0.5) is 4.79 Å². The summed E-state index contributed by atoms with van der Waals surface area (Å²) in [6.45, 7) is 1.55. The minimum absolute atomic E-state index is 0.172. The number of hydrogen-bond acceptors (Lipinski definition) is 3. The molecule has 1 aliphatic rings. The Morgan fingerprint density at radius 1 is 1.47 bits per heavy atom. The molecule has 5 heteroatoms. The Labute approximate surface area is 105 Å². The molecule has 1 fully saturated rings. The topological polar surface area (TPSA) is 55.6 Å². The fraction of sp³-hybridized carbons (Fsp3) is 0.417. The number of halogens is 1. The summed E-state index contributed by atoms with van der Waals surface area (Å²) < 4.78 is 5.07. The second-order valence-electron chi connectivity index (χ2n) is 4.03. The Morgan fingerprint density at radius 2 is 2.24 bits per heavy atom. The van der Waals surface area contributed by atoms with Crippen LogP contribution in [0.1, 0.15) is 5.56 Å². The number of nitrogens with two attached hydrogens (primary N) is 1. The largest absolute Gasteiger partial charge is 0.443 e. The molecule has 2 N–H and O–H groups in total. The summed E-state index contributed by atoms with van der Waals surface area (Å²) in [5, 5.41) is 0.732. The third-order valence-corrected chi connectivity index (χ3v) is 3.19. The van der Waals surface area contributed by atoms with E-state index in [0.717, 1.165) is 17.0 Å². The molecule has 92 valence electrons. The van der Waals surface area contributed by atoms with E-state index < -0.39 is 0 Å². The number of hydrogen-bond donors (Lipinski definition) is 1. The van der Waals surface area contributed by atoms with Gasteiger partial charge in [0.15, 0.2) is 0 Å². The van der Waals surface area contributed by atoms with Crippen molar-refractivity contribution in [3.05, 3.63) is 34.9 Å². The summed E-state index contributed by atoms with van der Waals surface area (Å²) in [4.78, 5) is 13.1. The van der Waals surface area contributed by atoms with Crippen molar-refractivity contribution in [3.8, 4) is 0 Å². The van der Waals surface area contributed by atoms with E-state index in [1.807, 2.05) is 24.3 Å². The summed E-state index contributed by atoms with van der Waals surface area (Å²) in [5.41, 5.74) is 6.50. The molecular weight excluding hydrogens is 240 g/mol. The summed E-state index contributed by atoms with van der Waals surface area (Å²) in [6.07, 6.45) is 0.271. The Hall–Kier alpha value is -1.26. The number of amides is 1. The molecule has 0 spiro atoms. The minimum atomic E-state index is -0.285. The van der Waals surface area contributed by atoms with Crippen LogP contribution in [-0.2, 0) is 11.2 Å². The Kier molecular flexibility index (Phi) is 3.86. The molecule has 17 heavy (non-hydrogen) atoms. The van der Waals surface area contributed by atoms with Crippen molar-refractivity contribution in [1.82, 2.24) is 4.90 Å². The number of rotatable bonds is 4. The van der Waals surface area contributed by atoms with Crippen molar-refractivity contribution in [2.45, 2.75) is 12.5 Å². The molecule has 1 aromatic rings.